The molecule has 2 aromatic carbocycles. The number of aromatic nitrogens is 1. The lowest BCUT2D eigenvalue weighted by Gasteiger charge is -2.06. The van der Waals surface area contributed by atoms with E-state index >= 15 is 0 Å². The molecule has 0 N–H and O–H groups in total. The predicted molar refractivity (Wildman–Crippen MR) is 85.8 cm³/mol. The van der Waals surface area contributed by atoms with Crippen LogP contribution >= 0.6 is 22.9 Å². The summed E-state index contributed by atoms with van der Waals surface area (Å²) in [4.78, 5) is 17.0. The average molecular weight is 334 g/mol. The Morgan fingerprint density at radius 3 is 2.77 bits per heavy atom. The Kier molecular flexibility index (Phi) is 2.89. The standard InChI is InChI=1S/C16H6ClF2NOS/c17-9-2-1-3-11-13(9)14-12(6-20-11)22-16-8(15(14)21)4-7(18)5-10(16)19/h1-6H. The lowest BCUT2D eigenvalue weighted by Crippen LogP contribution is -2.04. The van der Waals surface area contributed by atoms with Gasteiger partial charge in [-0.25, -0.2) is 8.78 Å². The van der Waals surface area contributed by atoms with Crippen molar-refractivity contribution in [2.24, 2.45) is 0 Å². The normalized spacial score (nSPS) is 11.6. The summed E-state index contributed by atoms with van der Waals surface area (Å²) in [6, 6.07) is 6.95. The molecule has 0 bridgehead atoms. The van der Waals surface area contributed by atoms with Gasteiger partial charge >= 0.3 is 0 Å². The molecular weight excluding hydrogens is 328 g/mol. The summed E-state index contributed by atoms with van der Waals surface area (Å²) in [5, 5.41) is 1.26. The van der Waals surface area contributed by atoms with Crippen LogP contribution in [-0.2, 0) is 0 Å². The molecule has 0 radical (unpaired) electrons. The van der Waals surface area contributed by atoms with Crippen LogP contribution in [0.3, 0.4) is 0 Å². The van der Waals surface area contributed by atoms with Gasteiger partial charge in [-0.05, 0) is 18.2 Å². The number of rotatable bonds is 0. The number of benzene rings is 2. The van der Waals surface area contributed by atoms with Gasteiger partial charge in [0.05, 0.1) is 25.3 Å². The molecule has 0 aliphatic rings. The van der Waals surface area contributed by atoms with E-state index in [1.807, 2.05) is 0 Å². The number of hydrogen-bond donors (Lipinski definition) is 0. The zero-order valence-electron chi connectivity index (χ0n) is 10.9. The second kappa shape index (κ2) is 4.69. The summed E-state index contributed by atoms with van der Waals surface area (Å²) in [7, 11) is 0. The van der Waals surface area contributed by atoms with Crippen LogP contribution in [0, 0.1) is 11.6 Å². The van der Waals surface area contributed by atoms with Gasteiger partial charge < -0.3 is 0 Å². The highest BCUT2D eigenvalue weighted by Gasteiger charge is 2.15. The van der Waals surface area contributed by atoms with E-state index in [0.29, 0.717) is 26.0 Å². The smallest absolute Gasteiger partial charge is 0.196 e. The van der Waals surface area contributed by atoms with Gasteiger partial charge in [-0.2, -0.15) is 0 Å². The van der Waals surface area contributed by atoms with Crippen molar-refractivity contribution in [3.8, 4) is 0 Å². The van der Waals surface area contributed by atoms with Crippen molar-refractivity contribution in [3.63, 3.8) is 0 Å². The van der Waals surface area contributed by atoms with Gasteiger partial charge in [0.1, 0.15) is 11.6 Å². The summed E-state index contributed by atoms with van der Waals surface area (Å²) >= 11 is 7.26. The van der Waals surface area contributed by atoms with E-state index in [4.69, 9.17) is 11.6 Å². The maximum atomic E-state index is 13.9. The molecule has 4 aromatic rings. The number of pyridine rings is 1. The summed E-state index contributed by atoms with van der Waals surface area (Å²) in [6.45, 7) is 0. The molecule has 0 atom stereocenters. The first-order valence-electron chi connectivity index (χ1n) is 6.35. The third-order valence-electron chi connectivity index (χ3n) is 3.50. The first-order valence-corrected chi connectivity index (χ1v) is 7.54. The highest BCUT2D eigenvalue weighted by atomic mass is 35.5. The minimum Gasteiger partial charge on any atom is -0.288 e. The predicted octanol–water partition coefficient (Wildman–Crippen LogP) is 4.89. The fourth-order valence-corrected chi connectivity index (χ4v) is 3.87. The Morgan fingerprint density at radius 2 is 1.95 bits per heavy atom. The van der Waals surface area contributed by atoms with E-state index in [9.17, 15) is 13.6 Å². The van der Waals surface area contributed by atoms with Crippen LogP contribution in [0.5, 0.6) is 0 Å². The molecule has 0 spiro atoms. The molecule has 0 aliphatic heterocycles. The maximum absolute atomic E-state index is 13.9. The van der Waals surface area contributed by atoms with Crippen molar-refractivity contribution < 1.29 is 8.78 Å². The van der Waals surface area contributed by atoms with E-state index in [-0.39, 0.29) is 10.1 Å². The van der Waals surface area contributed by atoms with Crippen LogP contribution in [0.25, 0.3) is 31.1 Å². The Labute approximate surface area is 131 Å². The minimum atomic E-state index is -0.780. The lowest BCUT2D eigenvalue weighted by molar-refractivity contribution is 0.593. The zero-order chi connectivity index (χ0) is 15.4. The van der Waals surface area contributed by atoms with E-state index in [2.05, 4.69) is 4.98 Å². The molecule has 0 saturated carbocycles. The van der Waals surface area contributed by atoms with E-state index in [0.717, 1.165) is 23.5 Å². The SMILES string of the molecule is O=c1c2cc(F)cc(F)c2sc2cnc3cccc(Cl)c3c12. The third kappa shape index (κ3) is 1.82. The molecular formula is C16H6ClF2NOS. The van der Waals surface area contributed by atoms with Crippen LogP contribution in [0.2, 0.25) is 5.02 Å². The van der Waals surface area contributed by atoms with Crippen LogP contribution in [0.1, 0.15) is 0 Å². The largest absolute Gasteiger partial charge is 0.288 e. The topological polar surface area (TPSA) is 30.0 Å². The molecule has 4 rings (SSSR count). The van der Waals surface area contributed by atoms with E-state index in [1.54, 1.807) is 18.2 Å². The van der Waals surface area contributed by atoms with Gasteiger partial charge in [0.25, 0.3) is 0 Å². The third-order valence-corrected chi connectivity index (χ3v) is 4.96. The first kappa shape index (κ1) is 13.5. The number of hydrogen-bond acceptors (Lipinski definition) is 3. The molecule has 0 unspecified atom stereocenters. The van der Waals surface area contributed by atoms with Gasteiger partial charge in [-0.15, -0.1) is 11.3 Å². The summed E-state index contributed by atoms with van der Waals surface area (Å²) in [5.74, 6) is -1.53. The molecule has 0 aliphatic carbocycles. The average Bonchev–Trinajstić information content (AvgIpc) is 2.48. The molecule has 6 heteroatoms. The Hall–Kier alpha value is -2.11. The zero-order valence-corrected chi connectivity index (χ0v) is 12.4. The fraction of sp³-hybridized carbons (Fsp3) is 0. The molecule has 2 nitrogen and oxygen atoms in total. The van der Waals surface area contributed by atoms with Gasteiger partial charge in [0, 0.05) is 23.0 Å². The van der Waals surface area contributed by atoms with Gasteiger partial charge in [0.2, 0.25) is 0 Å². The van der Waals surface area contributed by atoms with Crippen molar-refractivity contribution in [2.45, 2.75) is 0 Å². The Bertz CT molecular complexity index is 1140. The van der Waals surface area contributed by atoms with Crippen LogP contribution in [0.15, 0.2) is 41.3 Å². The minimum absolute atomic E-state index is 0.0161. The van der Waals surface area contributed by atoms with Gasteiger partial charge in [-0.3, -0.25) is 9.78 Å². The van der Waals surface area contributed by atoms with Crippen molar-refractivity contribution in [2.75, 3.05) is 0 Å². The second-order valence-electron chi connectivity index (χ2n) is 4.83. The monoisotopic (exact) mass is 333 g/mol. The van der Waals surface area contributed by atoms with Gasteiger partial charge in [-0.1, -0.05) is 17.7 Å². The second-order valence-corrected chi connectivity index (χ2v) is 6.29. The quantitative estimate of drug-likeness (QED) is 0.338. The van der Waals surface area contributed by atoms with E-state index < -0.39 is 17.1 Å². The fourth-order valence-electron chi connectivity index (χ4n) is 2.56. The summed E-state index contributed by atoms with van der Waals surface area (Å²) in [5.41, 5.74) is 0.128. The summed E-state index contributed by atoms with van der Waals surface area (Å²) in [6.07, 6.45) is 1.52. The lowest BCUT2D eigenvalue weighted by atomic mass is 10.1. The number of fused-ring (bicyclic) bond motifs is 4. The maximum Gasteiger partial charge on any atom is 0.196 e. The van der Waals surface area contributed by atoms with Crippen molar-refractivity contribution >= 4 is 54.0 Å². The highest BCUT2D eigenvalue weighted by Crippen LogP contribution is 2.33. The van der Waals surface area contributed by atoms with Crippen molar-refractivity contribution in [3.05, 3.63) is 63.4 Å². The van der Waals surface area contributed by atoms with Crippen LogP contribution in [0.4, 0.5) is 8.78 Å². The van der Waals surface area contributed by atoms with E-state index in [1.165, 1.54) is 6.20 Å². The Morgan fingerprint density at radius 1 is 1.14 bits per heavy atom. The molecule has 0 fully saturated rings. The van der Waals surface area contributed by atoms with Crippen molar-refractivity contribution in [1.82, 2.24) is 4.98 Å². The van der Waals surface area contributed by atoms with Gasteiger partial charge in [0.15, 0.2) is 5.43 Å². The summed E-state index contributed by atoms with van der Waals surface area (Å²) < 4.78 is 28.0. The van der Waals surface area contributed by atoms with Crippen molar-refractivity contribution in [1.29, 1.82) is 0 Å². The molecule has 22 heavy (non-hydrogen) atoms. The highest BCUT2D eigenvalue weighted by molar-refractivity contribution is 7.24. The number of halogens is 3. The Balaban J connectivity index is 2.37. The molecule has 108 valence electrons. The first-order chi connectivity index (χ1) is 10.6. The number of nitrogens with zero attached hydrogens (tertiary/aromatic N) is 1. The molecule has 2 aromatic heterocycles. The molecule has 0 amide bonds. The van der Waals surface area contributed by atoms with Crippen LogP contribution in [-0.4, -0.2) is 4.98 Å². The molecule has 2 heterocycles. The molecule has 0 saturated heterocycles. The van der Waals surface area contributed by atoms with Crippen LogP contribution < -0.4 is 5.43 Å².